The van der Waals surface area contributed by atoms with Gasteiger partial charge in [-0.1, -0.05) is 59.9 Å². The van der Waals surface area contributed by atoms with E-state index in [0.717, 1.165) is 5.69 Å². The highest BCUT2D eigenvalue weighted by atomic mass is 16.2. The molecular formula is C27H36N6O3. The molecule has 0 fully saturated rings. The second kappa shape index (κ2) is 15.8. The summed E-state index contributed by atoms with van der Waals surface area (Å²) in [6.07, 6.45) is 24.2. The lowest BCUT2D eigenvalue weighted by Gasteiger charge is -2.16. The minimum atomic E-state index is -0.796. The van der Waals surface area contributed by atoms with E-state index in [1.165, 1.54) is 0 Å². The van der Waals surface area contributed by atoms with Gasteiger partial charge in [-0.3, -0.25) is 14.4 Å². The van der Waals surface area contributed by atoms with Crippen molar-refractivity contribution in [1.82, 2.24) is 25.6 Å². The van der Waals surface area contributed by atoms with Gasteiger partial charge in [0.2, 0.25) is 11.8 Å². The maximum atomic E-state index is 12.7. The topological polar surface area (TPSA) is 132 Å². The third kappa shape index (κ3) is 10.9. The zero-order chi connectivity index (χ0) is 26.2. The van der Waals surface area contributed by atoms with Gasteiger partial charge in [-0.2, -0.15) is 0 Å². The second-order valence-electron chi connectivity index (χ2n) is 8.58. The molecule has 3 amide bonds. The lowest BCUT2D eigenvalue weighted by atomic mass is 10.1. The number of unbranched alkanes of at least 4 members (excludes halogenated alkanes) is 1. The molecule has 192 valence electrons. The third-order valence-electron chi connectivity index (χ3n) is 5.29. The van der Waals surface area contributed by atoms with E-state index in [-0.39, 0.29) is 17.9 Å². The molecule has 0 bridgehead atoms. The van der Waals surface area contributed by atoms with Gasteiger partial charge in [0.25, 0.3) is 5.91 Å². The molecule has 1 heterocycles. The van der Waals surface area contributed by atoms with Gasteiger partial charge in [0.1, 0.15) is 6.04 Å². The van der Waals surface area contributed by atoms with Crippen LogP contribution in [0, 0.1) is 0 Å². The van der Waals surface area contributed by atoms with E-state index in [9.17, 15) is 14.4 Å². The first-order chi connectivity index (χ1) is 17.4. The van der Waals surface area contributed by atoms with Gasteiger partial charge >= 0.3 is 0 Å². The summed E-state index contributed by atoms with van der Waals surface area (Å²) in [6.45, 7) is 4.51. The van der Waals surface area contributed by atoms with E-state index in [4.69, 9.17) is 5.73 Å². The lowest BCUT2D eigenvalue weighted by molar-refractivity contribution is -0.125. The van der Waals surface area contributed by atoms with Gasteiger partial charge in [-0.05, 0) is 45.3 Å². The number of amides is 3. The molecule has 2 rings (SSSR count). The molecule has 0 radical (unpaired) electrons. The van der Waals surface area contributed by atoms with Gasteiger partial charge in [0.05, 0.1) is 5.69 Å². The Balaban J connectivity index is 1.75. The summed E-state index contributed by atoms with van der Waals surface area (Å²) in [6, 6.07) is -0.568. The molecule has 4 N–H and O–H groups in total. The molecule has 0 spiro atoms. The number of nitrogens with one attached hydrogen (secondary N) is 2. The Morgan fingerprint density at radius 1 is 0.972 bits per heavy atom. The predicted molar refractivity (Wildman–Crippen MR) is 140 cm³/mol. The van der Waals surface area contributed by atoms with Crippen molar-refractivity contribution in [2.45, 2.75) is 58.0 Å². The first-order valence-electron chi connectivity index (χ1n) is 12.2. The second-order valence-corrected chi connectivity index (χ2v) is 8.58. The average molecular weight is 493 g/mol. The van der Waals surface area contributed by atoms with Crippen molar-refractivity contribution >= 4 is 17.7 Å². The van der Waals surface area contributed by atoms with E-state index in [1.54, 1.807) is 29.0 Å². The average Bonchev–Trinajstić information content (AvgIpc) is 3.31. The molecule has 0 aliphatic heterocycles. The van der Waals surface area contributed by atoms with Gasteiger partial charge in [0.15, 0.2) is 0 Å². The molecule has 36 heavy (non-hydrogen) atoms. The minimum absolute atomic E-state index is 0.0671. The largest absolute Gasteiger partial charge is 0.368 e. The van der Waals surface area contributed by atoms with E-state index in [0.29, 0.717) is 44.2 Å². The summed E-state index contributed by atoms with van der Waals surface area (Å²) in [7, 11) is 0. The molecule has 0 saturated heterocycles. The summed E-state index contributed by atoms with van der Waals surface area (Å²) in [4.78, 5) is 36.7. The SMILES string of the molecule is CC(C)n1cc(CCC(=O)NCCCC[C@H](NC(=O)C2=C/C=C\C=C/C=C\C=C/C=C\2)C(N)=O)nn1. The molecule has 1 aliphatic rings. The summed E-state index contributed by atoms with van der Waals surface area (Å²) < 4.78 is 1.76. The normalized spacial score (nSPS) is 20.0. The number of nitrogens with zero attached hydrogens (tertiary/aromatic N) is 3. The fourth-order valence-electron chi connectivity index (χ4n) is 3.21. The van der Waals surface area contributed by atoms with Crippen LogP contribution in [0.3, 0.4) is 0 Å². The Bertz CT molecular complexity index is 1060. The maximum absolute atomic E-state index is 12.7. The Morgan fingerprint density at radius 2 is 1.64 bits per heavy atom. The van der Waals surface area contributed by atoms with Crippen LogP contribution < -0.4 is 16.4 Å². The van der Waals surface area contributed by atoms with Crippen LogP contribution in [0.25, 0.3) is 0 Å². The predicted octanol–water partition coefficient (Wildman–Crippen LogP) is 2.77. The number of carbonyl (C=O) groups is 3. The van der Waals surface area contributed by atoms with E-state index in [1.807, 2.05) is 62.6 Å². The molecule has 1 aromatic rings. The molecule has 0 saturated carbocycles. The lowest BCUT2D eigenvalue weighted by Crippen LogP contribution is -2.44. The van der Waals surface area contributed by atoms with Gasteiger partial charge < -0.3 is 16.4 Å². The first kappa shape index (κ1) is 28.2. The van der Waals surface area contributed by atoms with Crippen LogP contribution in [0.15, 0.2) is 78.6 Å². The number of allylic oxidation sites excluding steroid dienone is 10. The third-order valence-corrected chi connectivity index (χ3v) is 5.29. The Labute approximate surface area is 212 Å². The highest BCUT2D eigenvalue weighted by Gasteiger charge is 2.19. The van der Waals surface area contributed by atoms with Crippen molar-refractivity contribution in [1.29, 1.82) is 0 Å². The zero-order valence-electron chi connectivity index (χ0n) is 21.0. The Morgan fingerprint density at radius 3 is 2.28 bits per heavy atom. The number of primary amides is 1. The number of carbonyl (C=O) groups excluding carboxylic acids is 3. The zero-order valence-corrected chi connectivity index (χ0v) is 21.0. The summed E-state index contributed by atoms with van der Waals surface area (Å²) in [5.41, 5.74) is 6.70. The minimum Gasteiger partial charge on any atom is -0.368 e. The molecule has 1 atom stereocenters. The van der Waals surface area contributed by atoms with Crippen LogP contribution in [0.1, 0.15) is 51.3 Å². The quantitative estimate of drug-likeness (QED) is 0.386. The van der Waals surface area contributed by atoms with Crippen molar-refractivity contribution in [3.63, 3.8) is 0 Å². The molecule has 0 aromatic carbocycles. The van der Waals surface area contributed by atoms with Crippen LogP contribution in [0.4, 0.5) is 0 Å². The summed E-state index contributed by atoms with van der Waals surface area (Å²) in [5, 5.41) is 13.7. The first-order valence-corrected chi connectivity index (χ1v) is 12.2. The summed E-state index contributed by atoms with van der Waals surface area (Å²) >= 11 is 0. The number of rotatable bonds is 12. The number of nitrogens with two attached hydrogens (primary N) is 1. The van der Waals surface area contributed by atoms with Crippen LogP contribution in [-0.2, 0) is 20.8 Å². The molecular weight excluding hydrogens is 456 g/mol. The van der Waals surface area contributed by atoms with Gasteiger partial charge in [0, 0.05) is 37.2 Å². The van der Waals surface area contributed by atoms with Gasteiger partial charge in [-0.15, -0.1) is 5.10 Å². The highest BCUT2D eigenvalue weighted by molar-refractivity contribution is 5.99. The molecule has 1 aliphatic carbocycles. The fraction of sp³-hybridized carbons (Fsp3) is 0.370. The van der Waals surface area contributed by atoms with E-state index >= 15 is 0 Å². The van der Waals surface area contributed by atoms with Crippen LogP contribution in [0.2, 0.25) is 0 Å². The van der Waals surface area contributed by atoms with Gasteiger partial charge in [-0.25, -0.2) is 4.68 Å². The smallest absolute Gasteiger partial charge is 0.251 e. The van der Waals surface area contributed by atoms with Crippen LogP contribution in [0.5, 0.6) is 0 Å². The molecule has 1 aromatic heterocycles. The summed E-state index contributed by atoms with van der Waals surface area (Å²) in [5.74, 6) is -1.04. The number of hydrogen-bond acceptors (Lipinski definition) is 5. The van der Waals surface area contributed by atoms with E-state index < -0.39 is 11.9 Å². The van der Waals surface area contributed by atoms with Crippen molar-refractivity contribution in [3.05, 3.63) is 84.3 Å². The maximum Gasteiger partial charge on any atom is 0.251 e. The standard InChI is InChI=1S/C27H36N6O3/c1-21(2)33-20-23(31-32-33)17-18-25(34)29-19-13-12-16-24(26(28)35)30-27(36)22-14-10-8-6-4-3-5-7-9-11-15-22/h3-11,14-15,20-21,24H,12-13,16-19H2,1-2H3,(H2,28,35)(H,29,34)(H,30,36)/b4-3-,5-3?,6-4?,7-5-,8-6-,9-7?,10-8?,11-9-,14-10-,15-11?,22-14?,22-15+/t24-/m0/s1. The van der Waals surface area contributed by atoms with Crippen LogP contribution in [-0.4, -0.2) is 45.3 Å². The Kier molecular flexibility index (Phi) is 12.4. The number of aryl methyl sites for hydroxylation is 1. The molecule has 9 heteroatoms. The molecule has 9 nitrogen and oxygen atoms in total. The van der Waals surface area contributed by atoms with Crippen LogP contribution >= 0.6 is 0 Å². The van der Waals surface area contributed by atoms with Crippen molar-refractivity contribution in [2.75, 3.05) is 6.54 Å². The monoisotopic (exact) mass is 492 g/mol. The Hall–Kier alpha value is -4.01. The number of aromatic nitrogens is 3. The van der Waals surface area contributed by atoms with Crippen molar-refractivity contribution < 1.29 is 14.4 Å². The number of hydrogen-bond donors (Lipinski definition) is 3. The van der Waals surface area contributed by atoms with E-state index in [2.05, 4.69) is 20.9 Å². The van der Waals surface area contributed by atoms with Crippen molar-refractivity contribution in [2.24, 2.45) is 5.73 Å². The van der Waals surface area contributed by atoms with Crippen molar-refractivity contribution in [3.8, 4) is 0 Å². The molecule has 0 unspecified atom stereocenters. The fourth-order valence-corrected chi connectivity index (χ4v) is 3.21. The highest BCUT2D eigenvalue weighted by Crippen LogP contribution is 2.06.